The first-order chi connectivity index (χ1) is 9.38. The number of nitrogens with zero attached hydrogens (tertiary/aromatic N) is 3. The van der Waals surface area contributed by atoms with Gasteiger partial charge in [-0.15, -0.1) is 0 Å². The third-order valence-electron chi connectivity index (χ3n) is 3.53. The minimum Gasteiger partial charge on any atom is -0.341 e. The van der Waals surface area contributed by atoms with E-state index in [1.165, 1.54) is 24.1 Å². The smallest absolute Gasteiger partial charge is 0.142 e. The number of hydrogen-bond acceptors (Lipinski definition) is 3. The SMILES string of the molecule is N#Cc1cc(N2CCCCc3ccccc32)ccn1. The zero-order valence-corrected chi connectivity index (χ0v) is 10.7. The summed E-state index contributed by atoms with van der Waals surface area (Å²) in [5.41, 5.74) is 4.17. The van der Waals surface area contributed by atoms with Crippen molar-refractivity contribution < 1.29 is 0 Å². The van der Waals surface area contributed by atoms with Crippen LogP contribution >= 0.6 is 0 Å². The Kier molecular flexibility index (Phi) is 3.16. The van der Waals surface area contributed by atoms with Gasteiger partial charge >= 0.3 is 0 Å². The van der Waals surface area contributed by atoms with Crippen molar-refractivity contribution in [3.63, 3.8) is 0 Å². The Morgan fingerprint density at radius 2 is 2.05 bits per heavy atom. The van der Waals surface area contributed by atoms with Crippen molar-refractivity contribution in [3.05, 3.63) is 53.9 Å². The number of anilines is 2. The van der Waals surface area contributed by atoms with Crippen LogP contribution in [0.25, 0.3) is 0 Å². The normalized spacial score (nSPS) is 14.4. The summed E-state index contributed by atoms with van der Waals surface area (Å²) in [5.74, 6) is 0. The van der Waals surface area contributed by atoms with E-state index in [0.717, 1.165) is 18.7 Å². The molecule has 0 N–H and O–H groups in total. The Hall–Kier alpha value is -2.34. The van der Waals surface area contributed by atoms with Crippen LogP contribution < -0.4 is 4.90 Å². The molecule has 0 amide bonds. The standard InChI is InChI=1S/C16H15N3/c17-12-14-11-15(8-9-18-14)19-10-4-3-6-13-5-1-2-7-16(13)19/h1-2,5,7-9,11H,3-4,6,10H2. The van der Waals surface area contributed by atoms with Crippen LogP contribution in [-0.2, 0) is 6.42 Å². The molecule has 1 aliphatic rings. The van der Waals surface area contributed by atoms with Crippen LogP contribution in [0, 0.1) is 11.3 Å². The monoisotopic (exact) mass is 249 g/mol. The van der Waals surface area contributed by atoms with Gasteiger partial charge < -0.3 is 4.90 Å². The number of rotatable bonds is 1. The highest BCUT2D eigenvalue weighted by atomic mass is 15.1. The number of fused-ring (bicyclic) bond motifs is 1. The fraction of sp³-hybridized carbons (Fsp3) is 0.250. The lowest BCUT2D eigenvalue weighted by molar-refractivity contribution is 0.761. The van der Waals surface area contributed by atoms with Crippen molar-refractivity contribution in [3.8, 4) is 6.07 Å². The molecular formula is C16H15N3. The van der Waals surface area contributed by atoms with Gasteiger partial charge in [0.2, 0.25) is 0 Å². The Morgan fingerprint density at radius 3 is 2.95 bits per heavy atom. The molecular weight excluding hydrogens is 234 g/mol. The molecule has 0 fully saturated rings. The first-order valence-corrected chi connectivity index (χ1v) is 6.60. The van der Waals surface area contributed by atoms with E-state index in [9.17, 15) is 0 Å². The molecule has 0 bridgehead atoms. The zero-order valence-electron chi connectivity index (χ0n) is 10.7. The van der Waals surface area contributed by atoms with Crippen molar-refractivity contribution in [2.45, 2.75) is 19.3 Å². The summed E-state index contributed by atoms with van der Waals surface area (Å²) in [4.78, 5) is 6.34. The topological polar surface area (TPSA) is 39.9 Å². The van der Waals surface area contributed by atoms with Crippen LogP contribution in [-0.4, -0.2) is 11.5 Å². The van der Waals surface area contributed by atoms with Gasteiger partial charge in [0, 0.05) is 24.1 Å². The first-order valence-electron chi connectivity index (χ1n) is 6.60. The number of nitriles is 1. The van der Waals surface area contributed by atoms with Crippen molar-refractivity contribution in [2.24, 2.45) is 0 Å². The van der Waals surface area contributed by atoms with Gasteiger partial charge in [-0.3, -0.25) is 0 Å². The molecule has 1 aromatic carbocycles. The lowest BCUT2D eigenvalue weighted by Crippen LogP contribution is -2.18. The molecule has 3 rings (SSSR count). The maximum absolute atomic E-state index is 8.98. The van der Waals surface area contributed by atoms with Crippen molar-refractivity contribution >= 4 is 11.4 Å². The summed E-state index contributed by atoms with van der Waals surface area (Å²) >= 11 is 0. The number of aryl methyl sites for hydroxylation is 1. The second-order valence-corrected chi connectivity index (χ2v) is 4.75. The average Bonchev–Trinajstić information content (AvgIpc) is 2.69. The maximum Gasteiger partial charge on any atom is 0.142 e. The first kappa shape index (κ1) is 11.7. The predicted molar refractivity (Wildman–Crippen MR) is 75.3 cm³/mol. The van der Waals surface area contributed by atoms with Gasteiger partial charge in [-0.1, -0.05) is 18.2 Å². The fourth-order valence-corrected chi connectivity index (χ4v) is 2.61. The number of para-hydroxylation sites is 1. The second-order valence-electron chi connectivity index (χ2n) is 4.75. The Morgan fingerprint density at radius 1 is 1.16 bits per heavy atom. The summed E-state index contributed by atoms with van der Waals surface area (Å²) in [6.07, 6.45) is 5.22. The highest BCUT2D eigenvalue weighted by Crippen LogP contribution is 2.32. The van der Waals surface area contributed by atoms with Gasteiger partial charge in [-0.2, -0.15) is 5.26 Å². The van der Waals surface area contributed by atoms with Gasteiger partial charge in [-0.05, 0) is 43.0 Å². The summed E-state index contributed by atoms with van der Waals surface area (Å²) in [5, 5.41) is 8.98. The van der Waals surface area contributed by atoms with E-state index in [1.807, 2.05) is 12.1 Å². The van der Waals surface area contributed by atoms with E-state index in [4.69, 9.17) is 5.26 Å². The van der Waals surface area contributed by atoms with Crippen molar-refractivity contribution in [2.75, 3.05) is 11.4 Å². The van der Waals surface area contributed by atoms with Gasteiger partial charge in [0.25, 0.3) is 0 Å². The van der Waals surface area contributed by atoms with Crippen LogP contribution in [0.3, 0.4) is 0 Å². The largest absolute Gasteiger partial charge is 0.341 e. The molecule has 0 saturated heterocycles. The zero-order chi connectivity index (χ0) is 13.1. The number of pyridine rings is 1. The molecule has 2 aromatic rings. The van der Waals surface area contributed by atoms with Gasteiger partial charge in [0.15, 0.2) is 0 Å². The van der Waals surface area contributed by atoms with Crippen LogP contribution in [0.5, 0.6) is 0 Å². The molecule has 0 saturated carbocycles. The molecule has 3 nitrogen and oxygen atoms in total. The minimum atomic E-state index is 0.472. The molecule has 3 heteroatoms. The highest BCUT2D eigenvalue weighted by molar-refractivity contribution is 5.67. The van der Waals surface area contributed by atoms with E-state index in [1.54, 1.807) is 6.20 Å². The summed E-state index contributed by atoms with van der Waals surface area (Å²) in [6, 6.07) is 14.5. The predicted octanol–water partition coefficient (Wildman–Crippen LogP) is 3.43. The number of benzene rings is 1. The molecule has 94 valence electrons. The molecule has 1 aliphatic heterocycles. The summed E-state index contributed by atoms with van der Waals surface area (Å²) < 4.78 is 0. The molecule has 0 spiro atoms. The molecule has 1 aromatic heterocycles. The van der Waals surface area contributed by atoms with Crippen molar-refractivity contribution in [1.29, 1.82) is 5.26 Å². The van der Waals surface area contributed by atoms with E-state index >= 15 is 0 Å². The minimum absolute atomic E-state index is 0.472. The summed E-state index contributed by atoms with van der Waals surface area (Å²) in [7, 11) is 0. The van der Waals surface area contributed by atoms with Gasteiger partial charge in [0.05, 0.1) is 0 Å². The summed E-state index contributed by atoms with van der Waals surface area (Å²) in [6.45, 7) is 0.992. The van der Waals surface area contributed by atoms with E-state index in [0.29, 0.717) is 5.69 Å². The van der Waals surface area contributed by atoms with Crippen LogP contribution in [0.15, 0.2) is 42.6 Å². The van der Waals surface area contributed by atoms with E-state index < -0.39 is 0 Å². The lowest BCUT2D eigenvalue weighted by Gasteiger charge is -2.25. The molecule has 0 aliphatic carbocycles. The molecule has 2 heterocycles. The second kappa shape index (κ2) is 5.11. The molecule has 0 atom stereocenters. The number of aromatic nitrogens is 1. The Balaban J connectivity index is 2.07. The maximum atomic E-state index is 8.98. The molecule has 0 unspecified atom stereocenters. The Labute approximate surface area is 113 Å². The van der Waals surface area contributed by atoms with Crippen molar-refractivity contribution in [1.82, 2.24) is 4.98 Å². The van der Waals surface area contributed by atoms with Crippen LogP contribution in [0.2, 0.25) is 0 Å². The van der Waals surface area contributed by atoms with E-state index in [-0.39, 0.29) is 0 Å². The van der Waals surface area contributed by atoms with Crippen LogP contribution in [0.1, 0.15) is 24.1 Å². The third kappa shape index (κ3) is 2.30. The number of hydrogen-bond donors (Lipinski definition) is 0. The van der Waals surface area contributed by atoms with Crippen LogP contribution in [0.4, 0.5) is 11.4 Å². The Bertz CT molecular complexity index is 628. The van der Waals surface area contributed by atoms with E-state index in [2.05, 4.69) is 40.2 Å². The fourth-order valence-electron chi connectivity index (χ4n) is 2.61. The average molecular weight is 249 g/mol. The molecule has 19 heavy (non-hydrogen) atoms. The highest BCUT2D eigenvalue weighted by Gasteiger charge is 2.16. The van der Waals surface area contributed by atoms with Gasteiger partial charge in [-0.25, -0.2) is 4.98 Å². The molecule has 0 radical (unpaired) electrons. The van der Waals surface area contributed by atoms with Gasteiger partial charge in [0.1, 0.15) is 11.8 Å². The third-order valence-corrected chi connectivity index (χ3v) is 3.53. The lowest BCUT2D eigenvalue weighted by atomic mass is 10.1. The quantitative estimate of drug-likeness (QED) is 0.777.